The maximum Gasteiger partial charge on any atom is 0.256 e. The van der Waals surface area contributed by atoms with Crippen LogP contribution in [0.4, 0.5) is 5.69 Å². The molecule has 128 valence electrons. The van der Waals surface area contributed by atoms with Gasteiger partial charge in [0.2, 0.25) is 0 Å². The monoisotopic (exact) mass is 368 g/mol. The van der Waals surface area contributed by atoms with Gasteiger partial charge >= 0.3 is 0 Å². The molecule has 0 bridgehead atoms. The van der Waals surface area contributed by atoms with Crippen LogP contribution in [0.3, 0.4) is 0 Å². The minimum atomic E-state index is -0.0780. The maximum absolute atomic E-state index is 12.7. The van der Waals surface area contributed by atoms with Crippen LogP contribution in [0.2, 0.25) is 0 Å². The van der Waals surface area contributed by atoms with Crippen LogP contribution in [-0.4, -0.2) is 10.9 Å². The van der Waals surface area contributed by atoms with Crippen LogP contribution in [0.1, 0.15) is 33.5 Å². The van der Waals surface area contributed by atoms with E-state index in [-0.39, 0.29) is 5.91 Å². The Bertz CT molecular complexity index is 873. The first-order valence-corrected chi connectivity index (χ1v) is 10.1. The fourth-order valence-electron chi connectivity index (χ4n) is 2.47. The van der Waals surface area contributed by atoms with E-state index in [1.54, 1.807) is 23.1 Å². The van der Waals surface area contributed by atoms with E-state index in [1.165, 1.54) is 5.56 Å². The highest BCUT2D eigenvalue weighted by Crippen LogP contribution is 2.27. The van der Waals surface area contributed by atoms with E-state index in [2.05, 4.69) is 28.7 Å². The minimum Gasteiger partial charge on any atom is -0.322 e. The van der Waals surface area contributed by atoms with E-state index < -0.39 is 0 Å². The Hall–Kier alpha value is -2.11. The topological polar surface area (TPSA) is 42.0 Å². The molecule has 0 aliphatic rings. The number of nitrogens with one attached hydrogen (secondary N) is 1. The number of benzene rings is 2. The number of rotatable bonds is 6. The Morgan fingerprint density at radius 1 is 1.20 bits per heavy atom. The van der Waals surface area contributed by atoms with Crippen molar-refractivity contribution in [2.45, 2.75) is 30.9 Å². The Morgan fingerprint density at radius 2 is 2.04 bits per heavy atom. The predicted octanol–water partition coefficient (Wildman–Crippen LogP) is 5.56. The molecule has 25 heavy (non-hydrogen) atoms. The van der Waals surface area contributed by atoms with Gasteiger partial charge in [0.05, 0.1) is 16.3 Å². The lowest BCUT2D eigenvalue weighted by Crippen LogP contribution is -2.13. The number of nitrogens with zero attached hydrogens (tertiary/aromatic N) is 1. The molecule has 3 nitrogen and oxygen atoms in total. The molecule has 1 N–H and O–H groups in total. The van der Waals surface area contributed by atoms with Gasteiger partial charge in [0.15, 0.2) is 0 Å². The van der Waals surface area contributed by atoms with Crippen molar-refractivity contribution in [3.8, 4) is 0 Å². The number of hydrogen-bond donors (Lipinski definition) is 1. The van der Waals surface area contributed by atoms with Crippen LogP contribution in [-0.2, 0) is 12.2 Å². The maximum atomic E-state index is 12.7. The molecule has 0 radical (unpaired) electrons. The molecule has 3 rings (SSSR count). The van der Waals surface area contributed by atoms with Gasteiger partial charge in [0.1, 0.15) is 0 Å². The van der Waals surface area contributed by atoms with Gasteiger partial charge in [-0.2, -0.15) is 0 Å². The first-order valence-electron chi connectivity index (χ1n) is 8.19. The molecule has 1 aromatic heterocycles. The van der Waals surface area contributed by atoms with Crippen molar-refractivity contribution in [3.05, 3.63) is 75.7 Å². The molecule has 0 unspecified atom stereocenters. The van der Waals surface area contributed by atoms with Gasteiger partial charge in [-0.3, -0.25) is 4.79 Å². The number of hydrogen-bond acceptors (Lipinski definition) is 4. The second-order valence-electron chi connectivity index (χ2n) is 5.65. The average Bonchev–Trinajstić information content (AvgIpc) is 3.05. The van der Waals surface area contributed by atoms with Gasteiger partial charge in [-0.15, -0.1) is 23.1 Å². The molecular weight excluding hydrogens is 348 g/mol. The van der Waals surface area contributed by atoms with Crippen LogP contribution < -0.4 is 5.32 Å². The number of anilines is 1. The molecule has 0 aliphatic heterocycles. The average molecular weight is 369 g/mol. The molecule has 0 saturated heterocycles. The molecule has 0 saturated carbocycles. The minimum absolute atomic E-state index is 0.0780. The zero-order chi connectivity index (χ0) is 17.6. The summed E-state index contributed by atoms with van der Waals surface area (Å²) < 4.78 is 0. The largest absolute Gasteiger partial charge is 0.322 e. The molecule has 2 aromatic carbocycles. The van der Waals surface area contributed by atoms with Crippen molar-refractivity contribution in [2.75, 3.05) is 5.32 Å². The SMILES string of the molecule is CCc1cccc(NC(=O)c2ccccc2SCc2csc(C)n2)c1. The Labute approximate surface area is 156 Å². The molecule has 3 aromatic rings. The first-order chi connectivity index (χ1) is 12.2. The number of aryl methyl sites for hydroxylation is 2. The highest BCUT2D eigenvalue weighted by Gasteiger charge is 2.12. The van der Waals surface area contributed by atoms with Crippen molar-refractivity contribution >= 4 is 34.7 Å². The molecule has 1 amide bonds. The summed E-state index contributed by atoms with van der Waals surface area (Å²) in [5, 5.41) is 6.15. The predicted molar refractivity (Wildman–Crippen MR) is 107 cm³/mol. The second-order valence-corrected chi connectivity index (χ2v) is 7.73. The number of thioether (sulfide) groups is 1. The highest BCUT2D eigenvalue weighted by atomic mass is 32.2. The summed E-state index contributed by atoms with van der Waals surface area (Å²) in [6.45, 7) is 4.11. The fraction of sp³-hybridized carbons (Fsp3) is 0.200. The number of aromatic nitrogens is 1. The number of amides is 1. The molecule has 0 fully saturated rings. The number of carbonyl (C=O) groups excluding carboxylic acids is 1. The zero-order valence-electron chi connectivity index (χ0n) is 14.3. The van der Waals surface area contributed by atoms with Crippen LogP contribution >= 0.6 is 23.1 Å². The van der Waals surface area contributed by atoms with Gasteiger partial charge in [-0.1, -0.05) is 31.2 Å². The van der Waals surface area contributed by atoms with Crippen molar-refractivity contribution in [2.24, 2.45) is 0 Å². The van der Waals surface area contributed by atoms with Crippen LogP contribution in [0.5, 0.6) is 0 Å². The van der Waals surface area contributed by atoms with Crippen LogP contribution in [0.25, 0.3) is 0 Å². The summed E-state index contributed by atoms with van der Waals surface area (Å²) in [6, 6.07) is 15.7. The summed E-state index contributed by atoms with van der Waals surface area (Å²) in [6.07, 6.45) is 0.948. The van der Waals surface area contributed by atoms with Gasteiger partial charge < -0.3 is 5.32 Å². The van der Waals surface area contributed by atoms with Crippen molar-refractivity contribution in [3.63, 3.8) is 0 Å². The number of carbonyl (C=O) groups is 1. The molecule has 0 aliphatic carbocycles. The van der Waals surface area contributed by atoms with Crippen LogP contribution in [0, 0.1) is 6.92 Å². The van der Waals surface area contributed by atoms with Crippen molar-refractivity contribution in [1.29, 1.82) is 0 Å². The van der Waals surface area contributed by atoms with Crippen LogP contribution in [0.15, 0.2) is 58.8 Å². The van der Waals surface area contributed by atoms with Crippen molar-refractivity contribution < 1.29 is 4.79 Å². The lowest BCUT2D eigenvalue weighted by atomic mass is 10.1. The second kappa shape index (κ2) is 8.32. The van der Waals surface area contributed by atoms with E-state index in [0.717, 1.165) is 33.5 Å². The van der Waals surface area contributed by atoms with E-state index in [0.29, 0.717) is 5.56 Å². The van der Waals surface area contributed by atoms with E-state index >= 15 is 0 Å². The zero-order valence-corrected chi connectivity index (χ0v) is 15.9. The van der Waals surface area contributed by atoms with E-state index in [4.69, 9.17) is 0 Å². The molecule has 5 heteroatoms. The Balaban J connectivity index is 1.73. The van der Waals surface area contributed by atoms with Gasteiger partial charge in [-0.25, -0.2) is 4.98 Å². The summed E-state index contributed by atoms with van der Waals surface area (Å²) in [5.74, 6) is 0.686. The first kappa shape index (κ1) is 17.7. The van der Waals surface area contributed by atoms with Gasteiger partial charge in [0, 0.05) is 21.7 Å². The number of thiazole rings is 1. The van der Waals surface area contributed by atoms with Crippen molar-refractivity contribution in [1.82, 2.24) is 4.98 Å². The smallest absolute Gasteiger partial charge is 0.256 e. The van der Waals surface area contributed by atoms with E-state index in [1.807, 2.05) is 49.4 Å². The normalized spacial score (nSPS) is 10.6. The third kappa shape index (κ3) is 4.71. The molecule has 1 heterocycles. The molecular formula is C20H20N2OS2. The summed E-state index contributed by atoms with van der Waals surface area (Å²) in [7, 11) is 0. The summed E-state index contributed by atoms with van der Waals surface area (Å²) in [4.78, 5) is 18.2. The third-order valence-corrected chi connectivity index (χ3v) is 5.70. The summed E-state index contributed by atoms with van der Waals surface area (Å²) in [5.41, 5.74) is 3.79. The third-order valence-electron chi connectivity index (χ3n) is 3.77. The highest BCUT2D eigenvalue weighted by molar-refractivity contribution is 7.98. The van der Waals surface area contributed by atoms with Gasteiger partial charge in [0.25, 0.3) is 5.91 Å². The Kier molecular flexibility index (Phi) is 5.89. The lowest BCUT2D eigenvalue weighted by molar-refractivity contribution is 0.102. The molecule has 0 spiro atoms. The summed E-state index contributed by atoms with van der Waals surface area (Å²) >= 11 is 3.29. The lowest BCUT2D eigenvalue weighted by Gasteiger charge is -2.10. The quantitative estimate of drug-likeness (QED) is 0.579. The molecule has 0 atom stereocenters. The standard InChI is InChI=1S/C20H20N2OS2/c1-3-15-7-6-8-16(11-15)22-20(23)18-9-4-5-10-19(18)25-13-17-12-24-14(2)21-17/h4-12H,3,13H2,1-2H3,(H,22,23). The van der Waals surface area contributed by atoms with Gasteiger partial charge in [-0.05, 0) is 43.2 Å². The van der Waals surface area contributed by atoms with E-state index in [9.17, 15) is 4.79 Å². The fourth-order valence-corrected chi connectivity index (χ4v) is 4.13. The Morgan fingerprint density at radius 3 is 2.80 bits per heavy atom.